The number of nitrogens with zero attached hydrogens (tertiary/aromatic N) is 2. The number of aliphatic imine (C=N–C) groups is 1. The number of carbonyl (C=O) groups excluding carboxylic acids is 1. The zero-order chi connectivity index (χ0) is 19.0. The molecule has 144 valence electrons. The molecule has 1 aliphatic rings. The van der Waals surface area contributed by atoms with Gasteiger partial charge in [0.2, 0.25) is 0 Å². The van der Waals surface area contributed by atoms with Crippen molar-refractivity contribution in [3.63, 3.8) is 0 Å². The summed E-state index contributed by atoms with van der Waals surface area (Å²) in [5.74, 6) is 0.353. The third kappa shape index (κ3) is 6.91. The maximum Gasteiger partial charge on any atom is 0.401 e. The van der Waals surface area contributed by atoms with Crippen LogP contribution in [-0.4, -0.2) is 68.8 Å². The molecule has 0 aliphatic carbocycles. The number of guanidine groups is 1. The van der Waals surface area contributed by atoms with Crippen molar-refractivity contribution >= 4 is 11.9 Å². The van der Waals surface area contributed by atoms with E-state index in [9.17, 15) is 18.0 Å². The number of rotatable bonds is 6. The van der Waals surface area contributed by atoms with E-state index in [0.29, 0.717) is 44.1 Å². The zero-order valence-electron chi connectivity index (χ0n) is 14.6. The first-order valence-corrected chi connectivity index (χ1v) is 8.47. The normalized spacial score (nSPS) is 18.6. The van der Waals surface area contributed by atoms with Crippen LogP contribution in [0.15, 0.2) is 35.3 Å². The fourth-order valence-electron chi connectivity index (χ4n) is 2.78. The Morgan fingerprint density at radius 2 is 1.92 bits per heavy atom. The first-order chi connectivity index (χ1) is 12.4. The molecule has 1 fully saturated rings. The van der Waals surface area contributed by atoms with Crippen molar-refractivity contribution in [1.82, 2.24) is 20.9 Å². The molecule has 0 spiro atoms. The van der Waals surface area contributed by atoms with Crippen LogP contribution in [0.2, 0.25) is 0 Å². The third-order valence-corrected chi connectivity index (χ3v) is 3.98. The van der Waals surface area contributed by atoms with Gasteiger partial charge in [-0.2, -0.15) is 13.2 Å². The number of hydrogen-bond donors (Lipinski definition) is 3. The number of hydrogen-bond acceptors (Lipinski definition) is 3. The predicted octanol–water partition coefficient (Wildman–Crippen LogP) is 1.22. The van der Waals surface area contributed by atoms with E-state index in [1.165, 1.54) is 4.90 Å². The number of nitrogens with one attached hydrogen (secondary N) is 3. The van der Waals surface area contributed by atoms with Gasteiger partial charge in [-0.25, -0.2) is 0 Å². The van der Waals surface area contributed by atoms with E-state index in [1.54, 1.807) is 31.3 Å². The first kappa shape index (κ1) is 20.0. The van der Waals surface area contributed by atoms with E-state index in [-0.39, 0.29) is 11.9 Å². The van der Waals surface area contributed by atoms with E-state index in [4.69, 9.17) is 0 Å². The molecule has 6 nitrogen and oxygen atoms in total. The molecule has 9 heteroatoms. The molecule has 0 aromatic heterocycles. The van der Waals surface area contributed by atoms with Crippen molar-refractivity contribution in [3.8, 4) is 0 Å². The van der Waals surface area contributed by atoms with Crippen LogP contribution in [0, 0.1) is 0 Å². The van der Waals surface area contributed by atoms with Crippen LogP contribution in [0.1, 0.15) is 16.8 Å². The van der Waals surface area contributed by atoms with Crippen LogP contribution in [0.3, 0.4) is 0 Å². The molecule has 1 saturated heterocycles. The standard InChI is InChI=1S/C17H24F3N5O/c1-21-16(24-14-7-10-25(11-14)12-17(18,19)20)23-9-8-22-15(26)13-5-3-2-4-6-13/h2-6,14H,7-12H2,1H3,(H,22,26)(H2,21,23,24). The van der Waals surface area contributed by atoms with E-state index in [2.05, 4.69) is 20.9 Å². The average Bonchev–Trinajstić information content (AvgIpc) is 3.03. The van der Waals surface area contributed by atoms with Gasteiger partial charge >= 0.3 is 6.18 Å². The Labute approximate surface area is 150 Å². The number of halogens is 3. The molecule has 1 aromatic rings. The first-order valence-electron chi connectivity index (χ1n) is 8.47. The van der Waals surface area contributed by atoms with Gasteiger partial charge in [-0.05, 0) is 18.6 Å². The fraction of sp³-hybridized carbons (Fsp3) is 0.529. The van der Waals surface area contributed by atoms with E-state index >= 15 is 0 Å². The molecule has 2 rings (SSSR count). The predicted molar refractivity (Wildman–Crippen MR) is 94.2 cm³/mol. The number of alkyl halides is 3. The lowest BCUT2D eigenvalue weighted by atomic mass is 10.2. The summed E-state index contributed by atoms with van der Waals surface area (Å²) in [6.07, 6.45) is -3.55. The van der Waals surface area contributed by atoms with Gasteiger partial charge in [0.15, 0.2) is 5.96 Å². The van der Waals surface area contributed by atoms with Crippen molar-refractivity contribution < 1.29 is 18.0 Å². The summed E-state index contributed by atoms with van der Waals surface area (Å²) in [6, 6.07) is 8.81. The van der Waals surface area contributed by atoms with Gasteiger partial charge in [0, 0.05) is 44.8 Å². The molecule has 1 aromatic carbocycles. The van der Waals surface area contributed by atoms with Gasteiger partial charge in [0.1, 0.15) is 0 Å². The Morgan fingerprint density at radius 3 is 2.58 bits per heavy atom. The summed E-state index contributed by atoms with van der Waals surface area (Å²) in [7, 11) is 1.60. The molecule has 1 amide bonds. The van der Waals surface area contributed by atoms with E-state index in [0.717, 1.165) is 0 Å². The van der Waals surface area contributed by atoms with Crippen LogP contribution in [0.4, 0.5) is 13.2 Å². The molecule has 1 aliphatic heterocycles. The summed E-state index contributed by atoms with van der Waals surface area (Å²) in [6.45, 7) is 0.700. The summed E-state index contributed by atoms with van der Waals surface area (Å²) in [5, 5.41) is 8.96. The molecule has 0 saturated carbocycles. The molecule has 1 atom stereocenters. The smallest absolute Gasteiger partial charge is 0.355 e. The second kappa shape index (κ2) is 9.42. The number of likely N-dealkylation sites (tertiary alicyclic amines) is 1. The van der Waals surface area contributed by atoms with Crippen LogP contribution in [0.5, 0.6) is 0 Å². The maximum absolute atomic E-state index is 12.4. The number of carbonyl (C=O) groups is 1. The highest BCUT2D eigenvalue weighted by Crippen LogP contribution is 2.19. The van der Waals surface area contributed by atoms with E-state index in [1.807, 2.05) is 6.07 Å². The molecule has 0 radical (unpaired) electrons. The minimum atomic E-state index is -4.17. The lowest BCUT2D eigenvalue weighted by Gasteiger charge is -2.19. The number of benzene rings is 1. The Morgan fingerprint density at radius 1 is 1.23 bits per heavy atom. The van der Waals surface area contributed by atoms with Crippen molar-refractivity contribution in [1.29, 1.82) is 0 Å². The zero-order valence-corrected chi connectivity index (χ0v) is 14.6. The Bertz CT molecular complexity index is 606. The van der Waals surface area contributed by atoms with Crippen molar-refractivity contribution in [3.05, 3.63) is 35.9 Å². The highest BCUT2D eigenvalue weighted by atomic mass is 19.4. The van der Waals surface area contributed by atoms with Gasteiger partial charge in [0.05, 0.1) is 6.54 Å². The van der Waals surface area contributed by atoms with Gasteiger partial charge in [-0.1, -0.05) is 18.2 Å². The largest absolute Gasteiger partial charge is 0.401 e. The van der Waals surface area contributed by atoms with Crippen LogP contribution >= 0.6 is 0 Å². The van der Waals surface area contributed by atoms with Gasteiger partial charge < -0.3 is 16.0 Å². The molecule has 3 N–H and O–H groups in total. The molecule has 1 unspecified atom stereocenters. The van der Waals surface area contributed by atoms with Crippen molar-refractivity contribution in [2.45, 2.75) is 18.6 Å². The lowest BCUT2D eigenvalue weighted by Crippen LogP contribution is -2.47. The topological polar surface area (TPSA) is 68.8 Å². The van der Waals surface area contributed by atoms with Crippen molar-refractivity contribution in [2.24, 2.45) is 4.99 Å². The van der Waals surface area contributed by atoms with Crippen LogP contribution in [0.25, 0.3) is 0 Å². The maximum atomic E-state index is 12.4. The van der Waals surface area contributed by atoms with Crippen molar-refractivity contribution in [2.75, 3.05) is 39.8 Å². The Balaban J connectivity index is 1.66. The summed E-state index contributed by atoms with van der Waals surface area (Å²) >= 11 is 0. The van der Waals surface area contributed by atoms with Gasteiger partial charge in [0.25, 0.3) is 5.91 Å². The summed E-state index contributed by atoms with van der Waals surface area (Å²) in [4.78, 5) is 17.4. The quantitative estimate of drug-likeness (QED) is 0.400. The second-order valence-corrected chi connectivity index (χ2v) is 6.10. The minimum absolute atomic E-state index is 0.0811. The molecular weight excluding hydrogens is 347 g/mol. The average molecular weight is 371 g/mol. The van der Waals surface area contributed by atoms with E-state index < -0.39 is 12.7 Å². The highest BCUT2D eigenvalue weighted by Gasteiger charge is 2.34. The van der Waals surface area contributed by atoms with Crippen LogP contribution in [-0.2, 0) is 0 Å². The van der Waals surface area contributed by atoms with Gasteiger partial charge in [-0.15, -0.1) is 0 Å². The SMILES string of the molecule is CN=C(NCCNC(=O)c1ccccc1)NC1CCN(CC(F)(F)F)C1. The molecule has 26 heavy (non-hydrogen) atoms. The fourth-order valence-corrected chi connectivity index (χ4v) is 2.78. The Kier molecular flexibility index (Phi) is 7.26. The van der Waals surface area contributed by atoms with Gasteiger partial charge in [-0.3, -0.25) is 14.7 Å². The monoisotopic (exact) mass is 371 g/mol. The van der Waals surface area contributed by atoms with Crippen LogP contribution < -0.4 is 16.0 Å². The Hall–Kier alpha value is -2.29. The molecule has 0 bridgehead atoms. The third-order valence-electron chi connectivity index (χ3n) is 3.98. The highest BCUT2D eigenvalue weighted by molar-refractivity contribution is 5.94. The molecule has 1 heterocycles. The summed E-state index contributed by atoms with van der Waals surface area (Å²) in [5.41, 5.74) is 0.589. The lowest BCUT2D eigenvalue weighted by molar-refractivity contribution is -0.143. The minimum Gasteiger partial charge on any atom is -0.355 e. The second-order valence-electron chi connectivity index (χ2n) is 6.10. The summed E-state index contributed by atoms with van der Waals surface area (Å²) < 4.78 is 37.3. The number of amides is 1. The molecular formula is C17H24F3N5O.